The van der Waals surface area contributed by atoms with Crippen LogP contribution in [0.25, 0.3) is 0 Å². The van der Waals surface area contributed by atoms with Crippen LogP contribution in [-0.2, 0) is 19.6 Å². The van der Waals surface area contributed by atoms with Crippen molar-refractivity contribution in [2.45, 2.75) is 32.2 Å². The van der Waals surface area contributed by atoms with E-state index in [2.05, 4.69) is 0 Å². The summed E-state index contributed by atoms with van der Waals surface area (Å²) >= 11 is 1.66. The maximum absolute atomic E-state index is 12.8. The molecular weight excluding hydrogens is 340 g/mol. The molecule has 2 aliphatic rings. The van der Waals surface area contributed by atoms with Gasteiger partial charge in [-0.3, -0.25) is 9.59 Å². The zero-order valence-corrected chi connectivity index (χ0v) is 14.9. The molecule has 23 heavy (non-hydrogen) atoms. The molecule has 2 unspecified atom stereocenters. The standard InChI is InChI=1S/C14H24N2O5S2/c1-2-23(20,21)15-5-3-4-11(9-15)14(19)16-6-7-22-10-12(16)8-13(17)18/h11-12H,2-10H2,1H3,(H,17,18). The molecule has 0 saturated carbocycles. The number of hydrogen-bond acceptors (Lipinski definition) is 5. The van der Waals surface area contributed by atoms with E-state index < -0.39 is 16.0 Å². The van der Waals surface area contributed by atoms with Crippen molar-refractivity contribution < 1.29 is 23.1 Å². The number of rotatable bonds is 5. The lowest BCUT2D eigenvalue weighted by Gasteiger charge is -2.39. The number of piperidine rings is 1. The van der Waals surface area contributed by atoms with Crippen LogP contribution in [0.1, 0.15) is 26.2 Å². The van der Waals surface area contributed by atoms with Crippen molar-refractivity contribution in [3.05, 3.63) is 0 Å². The van der Waals surface area contributed by atoms with E-state index in [4.69, 9.17) is 5.11 Å². The smallest absolute Gasteiger partial charge is 0.305 e. The van der Waals surface area contributed by atoms with Gasteiger partial charge in [-0.15, -0.1) is 0 Å². The van der Waals surface area contributed by atoms with E-state index in [0.717, 1.165) is 5.75 Å². The van der Waals surface area contributed by atoms with Crippen LogP contribution in [0, 0.1) is 5.92 Å². The van der Waals surface area contributed by atoms with Gasteiger partial charge in [0.1, 0.15) is 0 Å². The van der Waals surface area contributed by atoms with Crippen LogP contribution in [0.2, 0.25) is 0 Å². The Balaban J connectivity index is 2.07. The number of nitrogens with zero attached hydrogens (tertiary/aromatic N) is 2. The Kier molecular flexibility index (Phi) is 6.33. The topological polar surface area (TPSA) is 95.0 Å². The Morgan fingerprint density at radius 2 is 2.04 bits per heavy atom. The number of carboxylic acids is 1. The van der Waals surface area contributed by atoms with Crippen molar-refractivity contribution >= 4 is 33.7 Å². The summed E-state index contributed by atoms with van der Waals surface area (Å²) in [6, 6.07) is -0.295. The Morgan fingerprint density at radius 3 is 2.70 bits per heavy atom. The van der Waals surface area contributed by atoms with Crippen LogP contribution in [0.15, 0.2) is 0 Å². The van der Waals surface area contributed by atoms with Gasteiger partial charge in [-0.1, -0.05) is 0 Å². The highest BCUT2D eigenvalue weighted by molar-refractivity contribution is 7.99. The molecule has 132 valence electrons. The third-order valence-corrected chi connectivity index (χ3v) is 7.35. The largest absolute Gasteiger partial charge is 0.481 e. The van der Waals surface area contributed by atoms with Crippen LogP contribution in [0.3, 0.4) is 0 Å². The first-order valence-electron chi connectivity index (χ1n) is 7.93. The van der Waals surface area contributed by atoms with Crippen LogP contribution >= 0.6 is 11.8 Å². The molecule has 2 atom stereocenters. The number of carbonyl (C=O) groups is 2. The highest BCUT2D eigenvalue weighted by Crippen LogP contribution is 2.26. The fraction of sp³-hybridized carbons (Fsp3) is 0.857. The molecule has 0 radical (unpaired) electrons. The molecule has 1 amide bonds. The Bertz CT molecular complexity index is 551. The van der Waals surface area contributed by atoms with E-state index in [1.807, 2.05) is 0 Å². The molecule has 0 aromatic heterocycles. The molecule has 0 spiro atoms. The highest BCUT2D eigenvalue weighted by Gasteiger charge is 2.37. The van der Waals surface area contributed by atoms with E-state index in [-0.39, 0.29) is 36.6 Å². The number of carboxylic acid groups (broad SMARTS) is 1. The molecule has 0 bridgehead atoms. The second kappa shape index (κ2) is 7.85. The lowest BCUT2D eigenvalue weighted by Crippen LogP contribution is -2.53. The van der Waals surface area contributed by atoms with Crippen molar-refractivity contribution in [3.63, 3.8) is 0 Å². The fourth-order valence-electron chi connectivity index (χ4n) is 3.13. The molecule has 0 aromatic rings. The average molecular weight is 364 g/mol. The zero-order valence-electron chi connectivity index (χ0n) is 13.3. The Hall–Kier alpha value is -0.800. The van der Waals surface area contributed by atoms with Crippen LogP contribution < -0.4 is 0 Å². The fourth-order valence-corrected chi connectivity index (χ4v) is 5.37. The summed E-state index contributed by atoms with van der Waals surface area (Å²) in [6.45, 7) is 2.83. The summed E-state index contributed by atoms with van der Waals surface area (Å²) in [6.07, 6.45) is 1.28. The number of aliphatic carboxylic acids is 1. The van der Waals surface area contributed by atoms with E-state index in [9.17, 15) is 18.0 Å². The molecule has 2 fully saturated rings. The molecule has 2 aliphatic heterocycles. The maximum atomic E-state index is 12.8. The first-order chi connectivity index (χ1) is 10.8. The minimum atomic E-state index is -3.29. The summed E-state index contributed by atoms with van der Waals surface area (Å²) < 4.78 is 25.5. The predicted molar refractivity (Wildman–Crippen MR) is 88.8 cm³/mol. The number of carbonyl (C=O) groups excluding carboxylic acids is 1. The number of sulfonamides is 1. The molecule has 2 saturated heterocycles. The average Bonchev–Trinajstić information content (AvgIpc) is 2.54. The first-order valence-corrected chi connectivity index (χ1v) is 10.7. The number of thioether (sulfide) groups is 1. The molecule has 0 aromatic carbocycles. The van der Waals surface area contributed by atoms with Gasteiger partial charge >= 0.3 is 5.97 Å². The lowest BCUT2D eigenvalue weighted by atomic mass is 9.97. The monoisotopic (exact) mass is 364 g/mol. The molecular formula is C14H24N2O5S2. The SMILES string of the molecule is CCS(=O)(=O)N1CCCC(C(=O)N2CCSCC2CC(=O)O)C1. The molecule has 2 heterocycles. The summed E-state index contributed by atoms with van der Waals surface area (Å²) in [5, 5.41) is 9.02. The van der Waals surface area contributed by atoms with Crippen molar-refractivity contribution in [3.8, 4) is 0 Å². The molecule has 9 heteroatoms. The first kappa shape index (κ1) is 18.5. The van der Waals surface area contributed by atoms with Gasteiger partial charge in [0.2, 0.25) is 15.9 Å². The Labute approximate surface area is 141 Å². The normalized spacial score (nSPS) is 26.9. The van der Waals surface area contributed by atoms with Crippen molar-refractivity contribution in [1.82, 2.24) is 9.21 Å². The molecule has 2 rings (SSSR count). The van der Waals surface area contributed by atoms with Gasteiger partial charge in [-0.2, -0.15) is 11.8 Å². The summed E-state index contributed by atoms with van der Waals surface area (Å²) in [5.74, 6) is 0.106. The Morgan fingerprint density at radius 1 is 1.30 bits per heavy atom. The summed E-state index contributed by atoms with van der Waals surface area (Å²) in [4.78, 5) is 25.5. The van der Waals surface area contributed by atoms with Crippen LogP contribution in [-0.4, -0.2) is 77.5 Å². The van der Waals surface area contributed by atoms with Crippen molar-refractivity contribution in [1.29, 1.82) is 0 Å². The van der Waals surface area contributed by atoms with Gasteiger partial charge in [0.15, 0.2) is 0 Å². The van der Waals surface area contributed by atoms with Gasteiger partial charge in [-0.25, -0.2) is 12.7 Å². The highest BCUT2D eigenvalue weighted by atomic mass is 32.2. The van der Waals surface area contributed by atoms with Gasteiger partial charge in [0, 0.05) is 31.1 Å². The number of hydrogen-bond donors (Lipinski definition) is 1. The van der Waals surface area contributed by atoms with Crippen molar-refractivity contribution in [2.75, 3.05) is 36.9 Å². The minimum Gasteiger partial charge on any atom is -0.481 e. The quantitative estimate of drug-likeness (QED) is 0.762. The second-order valence-electron chi connectivity index (χ2n) is 5.96. The van der Waals surface area contributed by atoms with E-state index in [1.165, 1.54) is 4.31 Å². The van der Waals surface area contributed by atoms with Gasteiger partial charge in [-0.05, 0) is 19.8 Å². The molecule has 0 aliphatic carbocycles. The van der Waals surface area contributed by atoms with Crippen LogP contribution in [0.5, 0.6) is 0 Å². The summed E-state index contributed by atoms with van der Waals surface area (Å²) in [5.41, 5.74) is 0. The van der Waals surface area contributed by atoms with E-state index >= 15 is 0 Å². The second-order valence-corrected chi connectivity index (χ2v) is 9.36. The van der Waals surface area contributed by atoms with Crippen molar-refractivity contribution in [2.24, 2.45) is 5.92 Å². The predicted octanol–water partition coefficient (Wildman–Crippen LogP) is 0.467. The van der Waals surface area contributed by atoms with Crippen LogP contribution in [0.4, 0.5) is 0 Å². The van der Waals surface area contributed by atoms with Gasteiger partial charge < -0.3 is 10.0 Å². The third-order valence-electron chi connectivity index (χ3n) is 4.41. The molecule has 7 nitrogen and oxygen atoms in total. The van der Waals surface area contributed by atoms with Gasteiger partial charge in [0.05, 0.1) is 24.1 Å². The minimum absolute atomic E-state index is 0.0376. The third kappa shape index (κ3) is 4.60. The van der Waals surface area contributed by atoms with E-state index in [0.29, 0.717) is 31.7 Å². The maximum Gasteiger partial charge on any atom is 0.305 e. The van der Waals surface area contributed by atoms with Gasteiger partial charge in [0.25, 0.3) is 0 Å². The van der Waals surface area contributed by atoms with E-state index in [1.54, 1.807) is 23.6 Å². The number of amides is 1. The lowest BCUT2D eigenvalue weighted by molar-refractivity contribution is -0.142. The zero-order chi connectivity index (χ0) is 17.0. The molecule has 1 N–H and O–H groups in total. The summed E-state index contributed by atoms with van der Waals surface area (Å²) in [7, 11) is -3.29.